The summed E-state index contributed by atoms with van der Waals surface area (Å²) in [5, 5.41) is 10.1. The number of para-hydroxylation sites is 1. The predicted molar refractivity (Wildman–Crippen MR) is 80.7 cm³/mol. The van der Waals surface area contributed by atoms with Gasteiger partial charge in [-0.3, -0.25) is 4.57 Å². The highest BCUT2D eigenvalue weighted by atomic mass is 16.6. The number of benzene rings is 2. The molecule has 21 heavy (non-hydrogen) atoms. The summed E-state index contributed by atoms with van der Waals surface area (Å²) in [6.45, 7) is 2.04. The van der Waals surface area contributed by atoms with Crippen LogP contribution < -0.4 is 4.74 Å². The van der Waals surface area contributed by atoms with Crippen LogP contribution in [0.1, 0.15) is 12.0 Å². The van der Waals surface area contributed by atoms with Crippen LogP contribution in [0.3, 0.4) is 0 Å². The second kappa shape index (κ2) is 5.81. The summed E-state index contributed by atoms with van der Waals surface area (Å²) in [5.41, 5.74) is 2.98. The molecule has 0 fully saturated rings. The smallest absolute Gasteiger partial charge is 0.286 e. The van der Waals surface area contributed by atoms with Gasteiger partial charge in [-0.15, -0.1) is 0 Å². The first-order valence-electron chi connectivity index (χ1n) is 6.73. The van der Waals surface area contributed by atoms with Crippen molar-refractivity contribution in [3.8, 4) is 17.0 Å². The highest BCUT2D eigenvalue weighted by Crippen LogP contribution is 2.21. The number of aromatic nitrogens is 2. The summed E-state index contributed by atoms with van der Waals surface area (Å²) < 4.78 is 6.98. The fourth-order valence-electron chi connectivity index (χ4n) is 2.09. The van der Waals surface area contributed by atoms with Crippen LogP contribution in [0.4, 0.5) is 0 Å². The Balaban J connectivity index is 1.78. The minimum Gasteiger partial charge on any atom is -0.446 e. The van der Waals surface area contributed by atoms with Crippen molar-refractivity contribution in [1.29, 1.82) is 0 Å². The standard InChI is InChI=1S/C17H16N2O2/c1-13-6-5-7-14(10-13)16-11-19(12-18-16)17(20)21-15-8-3-2-4-9-15/h2-12,17,20H,1H3. The van der Waals surface area contributed by atoms with E-state index in [2.05, 4.69) is 11.1 Å². The summed E-state index contributed by atoms with van der Waals surface area (Å²) in [4.78, 5) is 4.31. The third-order valence-corrected chi connectivity index (χ3v) is 3.16. The van der Waals surface area contributed by atoms with Crippen LogP contribution in [-0.2, 0) is 0 Å². The fraction of sp³-hybridized carbons (Fsp3) is 0.118. The lowest BCUT2D eigenvalue weighted by Gasteiger charge is -2.13. The predicted octanol–water partition coefficient (Wildman–Crippen LogP) is 3.39. The zero-order valence-electron chi connectivity index (χ0n) is 11.7. The Morgan fingerprint density at radius 1 is 1.10 bits per heavy atom. The molecule has 1 heterocycles. The number of nitrogens with zero attached hydrogens (tertiary/aromatic N) is 2. The van der Waals surface area contributed by atoms with Crippen molar-refractivity contribution in [3.63, 3.8) is 0 Å². The summed E-state index contributed by atoms with van der Waals surface area (Å²) >= 11 is 0. The molecule has 1 N–H and O–H groups in total. The molecule has 106 valence electrons. The first-order chi connectivity index (χ1) is 10.2. The quantitative estimate of drug-likeness (QED) is 0.745. The molecule has 0 bridgehead atoms. The number of rotatable bonds is 4. The van der Waals surface area contributed by atoms with Gasteiger partial charge in [-0.1, -0.05) is 42.0 Å². The minimum atomic E-state index is -1.10. The van der Waals surface area contributed by atoms with Crippen molar-refractivity contribution in [1.82, 2.24) is 9.55 Å². The van der Waals surface area contributed by atoms with Crippen molar-refractivity contribution in [3.05, 3.63) is 72.7 Å². The molecule has 2 aromatic carbocycles. The maximum Gasteiger partial charge on any atom is 0.286 e. The van der Waals surface area contributed by atoms with E-state index in [1.54, 1.807) is 24.7 Å². The highest BCUT2D eigenvalue weighted by molar-refractivity contribution is 5.59. The number of aliphatic hydroxyl groups excluding tert-OH is 1. The lowest BCUT2D eigenvalue weighted by atomic mass is 10.1. The van der Waals surface area contributed by atoms with E-state index in [1.807, 2.05) is 43.3 Å². The van der Waals surface area contributed by atoms with E-state index in [-0.39, 0.29) is 0 Å². The maximum atomic E-state index is 10.1. The van der Waals surface area contributed by atoms with Crippen molar-refractivity contribution in [2.75, 3.05) is 0 Å². The molecule has 4 heteroatoms. The van der Waals surface area contributed by atoms with Crippen LogP contribution in [-0.4, -0.2) is 14.7 Å². The topological polar surface area (TPSA) is 47.3 Å². The van der Waals surface area contributed by atoms with Gasteiger partial charge in [-0.2, -0.15) is 0 Å². The zero-order valence-corrected chi connectivity index (χ0v) is 11.7. The van der Waals surface area contributed by atoms with Crippen molar-refractivity contribution in [2.45, 2.75) is 13.3 Å². The van der Waals surface area contributed by atoms with E-state index >= 15 is 0 Å². The molecule has 3 aromatic rings. The molecule has 0 saturated carbocycles. The fourth-order valence-corrected chi connectivity index (χ4v) is 2.09. The van der Waals surface area contributed by atoms with Gasteiger partial charge in [0.05, 0.1) is 5.69 Å². The Bertz CT molecular complexity index is 722. The van der Waals surface area contributed by atoms with Gasteiger partial charge in [-0.25, -0.2) is 4.98 Å². The summed E-state index contributed by atoms with van der Waals surface area (Å²) in [7, 11) is 0. The second-order valence-electron chi connectivity index (χ2n) is 4.83. The summed E-state index contributed by atoms with van der Waals surface area (Å²) in [6, 6.07) is 17.3. The normalized spacial score (nSPS) is 12.1. The number of aryl methyl sites for hydroxylation is 1. The molecular weight excluding hydrogens is 264 g/mol. The van der Waals surface area contributed by atoms with Crippen molar-refractivity contribution < 1.29 is 9.84 Å². The van der Waals surface area contributed by atoms with E-state index in [4.69, 9.17) is 4.74 Å². The monoisotopic (exact) mass is 280 g/mol. The van der Waals surface area contributed by atoms with Gasteiger partial charge in [0.1, 0.15) is 12.1 Å². The lowest BCUT2D eigenvalue weighted by Crippen LogP contribution is -2.13. The van der Waals surface area contributed by atoms with Crippen LogP contribution in [0, 0.1) is 6.92 Å². The molecule has 0 spiro atoms. The van der Waals surface area contributed by atoms with E-state index in [9.17, 15) is 5.11 Å². The molecule has 0 aliphatic rings. The molecule has 1 unspecified atom stereocenters. The summed E-state index contributed by atoms with van der Waals surface area (Å²) in [5.74, 6) is 0.607. The van der Waals surface area contributed by atoms with Gasteiger partial charge < -0.3 is 9.84 Å². The van der Waals surface area contributed by atoms with Gasteiger partial charge in [0.2, 0.25) is 0 Å². The Morgan fingerprint density at radius 3 is 2.67 bits per heavy atom. The van der Waals surface area contributed by atoms with E-state index in [1.165, 1.54) is 10.1 Å². The van der Waals surface area contributed by atoms with Gasteiger partial charge in [0, 0.05) is 11.8 Å². The molecule has 0 amide bonds. The van der Waals surface area contributed by atoms with Gasteiger partial charge in [-0.05, 0) is 25.1 Å². The molecule has 0 aliphatic heterocycles. The van der Waals surface area contributed by atoms with E-state index < -0.39 is 6.41 Å². The van der Waals surface area contributed by atoms with Crippen LogP contribution in [0.15, 0.2) is 67.1 Å². The molecule has 0 saturated heterocycles. The van der Waals surface area contributed by atoms with Crippen LogP contribution in [0.5, 0.6) is 5.75 Å². The third kappa shape index (κ3) is 3.12. The third-order valence-electron chi connectivity index (χ3n) is 3.16. The number of ether oxygens (including phenoxy) is 1. The summed E-state index contributed by atoms with van der Waals surface area (Å²) in [6.07, 6.45) is 2.23. The van der Waals surface area contributed by atoms with Crippen LogP contribution in [0.2, 0.25) is 0 Å². The van der Waals surface area contributed by atoms with E-state index in [0.717, 1.165) is 11.3 Å². The molecule has 3 rings (SSSR count). The number of hydrogen-bond acceptors (Lipinski definition) is 3. The molecule has 0 aliphatic carbocycles. The largest absolute Gasteiger partial charge is 0.446 e. The Hall–Kier alpha value is -2.59. The Morgan fingerprint density at radius 2 is 1.90 bits per heavy atom. The maximum absolute atomic E-state index is 10.1. The van der Waals surface area contributed by atoms with Gasteiger partial charge in [0.25, 0.3) is 6.41 Å². The van der Waals surface area contributed by atoms with Crippen molar-refractivity contribution in [2.24, 2.45) is 0 Å². The van der Waals surface area contributed by atoms with Gasteiger partial charge >= 0.3 is 0 Å². The Labute approximate surface area is 123 Å². The molecular formula is C17H16N2O2. The lowest BCUT2D eigenvalue weighted by molar-refractivity contribution is -0.0793. The minimum absolute atomic E-state index is 0.607. The van der Waals surface area contributed by atoms with E-state index in [0.29, 0.717) is 5.75 Å². The van der Waals surface area contributed by atoms with Crippen molar-refractivity contribution >= 4 is 0 Å². The molecule has 1 atom stereocenters. The molecule has 1 aromatic heterocycles. The highest BCUT2D eigenvalue weighted by Gasteiger charge is 2.10. The molecule has 0 radical (unpaired) electrons. The first-order valence-corrected chi connectivity index (χ1v) is 6.73. The number of hydrogen-bond donors (Lipinski definition) is 1. The van der Waals surface area contributed by atoms with Crippen LogP contribution >= 0.6 is 0 Å². The van der Waals surface area contributed by atoms with Gasteiger partial charge in [0.15, 0.2) is 0 Å². The number of aliphatic hydroxyl groups is 1. The SMILES string of the molecule is Cc1cccc(-c2cn(C(O)Oc3ccccc3)cn2)c1. The zero-order chi connectivity index (χ0) is 14.7. The Kier molecular flexibility index (Phi) is 3.71. The average molecular weight is 280 g/mol. The number of imidazole rings is 1. The average Bonchev–Trinajstić information content (AvgIpc) is 2.98. The first kappa shape index (κ1) is 13.4. The molecule has 4 nitrogen and oxygen atoms in total. The second-order valence-corrected chi connectivity index (χ2v) is 4.83. The van der Waals surface area contributed by atoms with Crippen LogP contribution in [0.25, 0.3) is 11.3 Å².